The highest BCUT2D eigenvalue weighted by Crippen LogP contribution is 2.04. The van der Waals surface area contributed by atoms with Gasteiger partial charge in [0, 0.05) is 19.3 Å². The maximum atomic E-state index is 4.22. The van der Waals surface area contributed by atoms with Crippen molar-refractivity contribution in [2.24, 2.45) is 0 Å². The zero-order valence-corrected chi connectivity index (χ0v) is 7.46. The molecule has 1 rings (SSSR count). The Balaban J connectivity index is 2.67. The first-order valence-electron chi connectivity index (χ1n) is 4.17. The molecule has 0 spiro atoms. The summed E-state index contributed by atoms with van der Waals surface area (Å²) < 4.78 is 0. The van der Waals surface area contributed by atoms with Crippen molar-refractivity contribution in [3.05, 3.63) is 12.3 Å². The van der Waals surface area contributed by atoms with Crippen LogP contribution in [0.15, 0.2) is 12.3 Å². The van der Waals surface area contributed by atoms with Gasteiger partial charge in [0.25, 0.3) is 0 Å². The van der Waals surface area contributed by atoms with E-state index in [-0.39, 0.29) is 0 Å². The van der Waals surface area contributed by atoms with E-state index in [0.717, 1.165) is 18.9 Å². The van der Waals surface area contributed by atoms with E-state index in [9.17, 15) is 0 Å². The Morgan fingerprint density at radius 1 is 1.25 bits per heavy atom. The largest absolute Gasteiger partial charge is 0.370 e. The molecule has 1 aromatic rings. The molecule has 1 aromatic heterocycles. The van der Waals surface area contributed by atoms with Gasteiger partial charge in [0.05, 0.1) is 0 Å². The van der Waals surface area contributed by atoms with E-state index < -0.39 is 0 Å². The normalized spacial score (nSPS) is 9.50. The second kappa shape index (κ2) is 4.54. The summed E-state index contributed by atoms with van der Waals surface area (Å²) in [5.41, 5.74) is 0. The number of rotatable bonds is 4. The summed E-state index contributed by atoms with van der Waals surface area (Å²) in [6, 6.07) is 1.85. The molecule has 0 saturated heterocycles. The molecule has 12 heavy (non-hydrogen) atoms. The molecular formula is C8H14N4. The third-order valence-corrected chi connectivity index (χ3v) is 1.35. The number of hydrogen-bond acceptors (Lipinski definition) is 4. The molecule has 4 heteroatoms. The highest BCUT2D eigenvalue weighted by molar-refractivity contribution is 5.39. The van der Waals surface area contributed by atoms with E-state index in [1.165, 1.54) is 0 Å². The van der Waals surface area contributed by atoms with Gasteiger partial charge < -0.3 is 10.6 Å². The minimum atomic E-state index is 0.677. The fourth-order valence-electron chi connectivity index (χ4n) is 0.882. The minimum absolute atomic E-state index is 0.677. The first-order valence-corrected chi connectivity index (χ1v) is 4.17. The standard InChI is InChI=1S/C8H14N4/c1-3-9-7-5-6-11-8(12-7)10-4-2/h5-6H,3-4H2,1-2H3,(H2,9,10,11,12). The summed E-state index contributed by atoms with van der Waals surface area (Å²) >= 11 is 0. The van der Waals surface area contributed by atoms with Gasteiger partial charge in [-0.2, -0.15) is 4.98 Å². The van der Waals surface area contributed by atoms with Gasteiger partial charge in [-0.25, -0.2) is 4.98 Å². The summed E-state index contributed by atoms with van der Waals surface area (Å²) in [5, 5.41) is 6.16. The van der Waals surface area contributed by atoms with Crippen molar-refractivity contribution in [1.82, 2.24) is 9.97 Å². The van der Waals surface area contributed by atoms with Gasteiger partial charge in [-0.3, -0.25) is 0 Å². The molecule has 0 aliphatic rings. The molecule has 1 heterocycles. The predicted octanol–water partition coefficient (Wildman–Crippen LogP) is 1.34. The summed E-state index contributed by atoms with van der Waals surface area (Å²) in [4.78, 5) is 8.27. The van der Waals surface area contributed by atoms with Crippen LogP contribution in [0.25, 0.3) is 0 Å². The Kier molecular flexibility index (Phi) is 3.32. The second-order valence-electron chi connectivity index (χ2n) is 2.33. The third-order valence-electron chi connectivity index (χ3n) is 1.35. The van der Waals surface area contributed by atoms with Crippen molar-refractivity contribution in [3.63, 3.8) is 0 Å². The molecule has 4 nitrogen and oxygen atoms in total. The predicted molar refractivity (Wildman–Crippen MR) is 50.4 cm³/mol. The van der Waals surface area contributed by atoms with Crippen LogP contribution >= 0.6 is 0 Å². The SMILES string of the molecule is CCNc1ccnc(NCC)n1. The van der Waals surface area contributed by atoms with Gasteiger partial charge in [-0.05, 0) is 19.9 Å². The summed E-state index contributed by atoms with van der Waals surface area (Å²) in [6.45, 7) is 5.77. The lowest BCUT2D eigenvalue weighted by molar-refractivity contribution is 1.07. The van der Waals surface area contributed by atoms with Crippen LogP contribution in [0.1, 0.15) is 13.8 Å². The zero-order valence-electron chi connectivity index (χ0n) is 7.46. The summed E-state index contributed by atoms with van der Waals surface area (Å²) in [6.07, 6.45) is 1.74. The topological polar surface area (TPSA) is 49.8 Å². The van der Waals surface area contributed by atoms with E-state index in [2.05, 4.69) is 20.6 Å². The van der Waals surface area contributed by atoms with Crippen molar-refractivity contribution in [2.45, 2.75) is 13.8 Å². The van der Waals surface area contributed by atoms with Crippen LogP contribution < -0.4 is 10.6 Å². The van der Waals surface area contributed by atoms with Crippen LogP contribution in [0.3, 0.4) is 0 Å². The second-order valence-corrected chi connectivity index (χ2v) is 2.33. The van der Waals surface area contributed by atoms with Crippen LogP contribution in [0.4, 0.5) is 11.8 Å². The Morgan fingerprint density at radius 2 is 2.00 bits per heavy atom. The van der Waals surface area contributed by atoms with Crippen molar-refractivity contribution >= 4 is 11.8 Å². The zero-order chi connectivity index (χ0) is 8.81. The lowest BCUT2D eigenvalue weighted by Gasteiger charge is -2.04. The van der Waals surface area contributed by atoms with Crippen LogP contribution in [-0.2, 0) is 0 Å². The smallest absolute Gasteiger partial charge is 0.224 e. The molecule has 0 aliphatic heterocycles. The number of nitrogens with one attached hydrogen (secondary N) is 2. The maximum Gasteiger partial charge on any atom is 0.224 e. The Bertz CT molecular complexity index is 215. The number of aromatic nitrogens is 2. The summed E-state index contributed by atoms with van der Waals surface area (Å²) in [5.74, 6) is 1.54. The van der Waals surface area contributed by atoms with Gasteiger partial charge in [-0.1, -0.05) is 0 Å². The van der Waals surface area contributed by atoms with Crippen LogP contribution in [0.2, 0.25) is 0 Å². The quantitative estimate of drug-likeness (QED) is 0.708. The molecule has 0 atom stereocenters. The average molecular weight is 166 g/mol. The van der Waals surface area contributed by atoms with Crippen LogP contribution in [-0.4, -0.2) is 23.1 Å². The van der Waals surface area contributed by atoms with Gasteiger partial charge in [-0.15, -0.1) is 0 Å². The van der Waals surface area contributed by atoms with Crippen molar-refractivity contribution in [3.8, 4) is 0 Å². The molecule has 0 aliphatic carbocycles. The molecule has 2 N–H and O–H groups in total. The average Bonchev–Trinajstić information content (AvgIpc) is 2.06. The van der Waals surface area contributed by atoms with Gasteiger partial charge in [0.1, 0.15) is 5.82 Å². The number of anilines is 2. The van der Waals surface area contributed by atoms with E-state index in [1.807, 2.05) is 19.9 Å². The van der Waals surface area contributed by atoms with E-state index in [1.54, 1.807) is 6.20 Å². The van der Waals surface area contributed by atoms with Gasteiger partial charge >= 0.3 is 0 Å². The maximum absolute atomic E-state index is 4.22. The Hall–Kier alpha value is -1.32. The van der Waals surface area contributed by atoms with E-state index in [4.69, 9.17) is 0 Å². The van der Waals surface area contributed by atoms with Crippen molar-refractivity contribution in [1.29, 1.82) is 0 Å². The minimum Gasteiger partial charge on any atom is -0.370 e. The van der Waals surface area contributed by atoms with Gasteiger partial charge in [0.15, 0.2) is 0 Å². The molecular weight excluding hydrogens is 152 g/mol. The van der Waals surface area contributed by atoms with Crippen LogP contribution in [0.5, 0.6) is 0 Å². The molecule has 66 valence electrons. The highest BCUT2D eigenvalue weighted by Gasteiger charge is 1.94. The Labute approximate surface area is 72.4 Å². The molecule has 0 bridgehead atoms. The van der Waals surface area contributed by atoms with Crippen molar-refractivity contribution in [2.75, 3.05) is 23.7 Å². The molecule has 0 amide bonds. The van der Waals surface area contributed by atoms with Crippen LogP contribution in [0, 0.1) is 0 Å². The lowest BCUT2D eigenvalue weighted by Crippen LogP contribution is -2.05. The number of nitrogens with zero attached hydrogens (tertiary/aromatic N) is 2. The molecule has 0 fully saturated rings. The molecule has 0 radical (unpaired) electrons. The summed E-state index contributed by atoms with van der Waals surface area (Å²) in [7, 11) is 0. The van der Waals surface area contributed by atoms with Crippen molar-refractivity contribution < 1.29 is 0 Å². The van der Waals surface area contributed by atoms with E-state index >= 15 is 0 Å². The lowest BCUT2D eigenvalue weighted by atomic mass is 10.5. The van der Waals surface area contributed by atoms with Gasteiger partial charge in [0.2, 0.25) is 5.95 Å². The first-order chi connectivity index (χ1) is 5.86. The first kappa shape index (κ1) is 8.77. The molecule has 0 unspecified atom stereocenters. The Morgan fingerprint density at radius 3 is 2.67 bits per heavy atom. The fraction of sp³-hybridized carbons (Fsp3) is 0.500. The molecule has 0 saturated carbocycles. The van der Waals surface area contributed by atoms with E-state index in [0.29, 0.717) is 5.95 Å². The molecule has 0 aromatic carbocycles. The fourth-order valence-corrected chi connectivity index (χ4v) is 0.882. The highest BCUT2D eigenvalue weighted by atomic mass is 15.1. The monoisotopic (exact) mass is 166 g/mol. The third kappa shape index (κ3) is 2.38. The number of hydrogen-bond donors (Lipinski definition) is 2.